The highest BCUT2D eigenvalue weighted by Crippen LogP contribution is 2.34. The standard InChI is InChI=1S/C24H26N6O4/c1-25-24(31)34-8-7-30(18-9-19(32-3)12-20(10-18)33-4)17-5-6-21-22(11-17)28-23(14-26-21)16-13-27-29(2)15-16/h5-6,9-15H,7-8H2,1-4H3,(H,25,31). The highest BCUT2D eigenvalue weighted by Gasteiger charge is 2.15. The van der Waals surface area contributed by atoms with Crippen molar-refractivity contribution in [2.45, 2.75) is 0 Å². The number of hydrogen-bond acceptors (Lipinski definition) is 8. The minimum atomic E-state index is -0.492. The third-order valence-corrected chi connectivity index (χ3v) is 5.24. The molecule has 0 aliphatic carbocycles. The van der Waals surface area contributed by atoms with Crippen molar-refractivity contribution in [1.82, 2.24) is 25.1 Å². The molecule has 0 aliphatic heterocycles. The van der Waals surface area contributed by atoms with Crippen LogP contribution in [0.3, 0.4) is 0 Å². The Morgan fingerprint density at radius 2 is 1.79 bits per heavy atom. The Labute approximate surface area is 197 Å². The van der Waals surface area contributed by atoms with Gasteiger partial charge >= 0.3 is 6.09 Å². The van der Waals surface area contributed by atoms with Gasteiger partial charge in [-0.1, -0.05) is 0 Å². The Bertz CT molecular complexity index is 1280. The number of methoxy groups -OCH3 is 2. The van der Waals surface area contributed by atoms with E-state index in [9.17, 15) is 4.79 Å². The van der Waals surface area contributed by atoms with Gasteiger partial charge in [0.15, 0.2) is 0 Å². The predicted molar refractivity (Wildman–Crippen MR) is 129 cm³/mol. The molecule has 0 atom stereocenters. The molecule has 34 heavy (non-hydrogen) atoms. The largest absolute Gasteiger partial charge is 0.497 e. The van der Waals surface area contributed by atoms with Gasteiger partial charge in [-0.3, -0.25) is 9.67 Å². The minimum Gasteiger partial charge on any atom is -0.497 e. The number of carbonyl (C=O) groups is 1. The molecule has 0 fully saturated rings. The van der Waals surface area contributed by atoms with Crippen molar-refractivity contribution >= 4 is 28.5 Å². The van der Waals surface area contributed by atoms with E-state index < -0.39 is 6.09 Å². The number of carbonyl (C=O) groups excluding carboxylic acids is 1. The van der Waals surface area contributed by atoms with Crippen LogP contribution in [0.2, 0.25) is 0 Å². The van der Waals surface area contributed by atoms with E-state index in [-0.39, 0.29) is 6.61 Å². The number of aryl methyl sites for hydroxylation is 1. The van der Waals surface area contributed by atoms with Crippen molar-refractivity contribution in [3.8, 4) is 22.8 Å². The summed E-state index contributed by atoms with van der Waals surface area (Å²) < 4.78 is 17.9. The predicted octanol–water partition coefficient (Wildman–Crippen LogP) is 3.54. The topological polar surface area (TPSA) is 104 Å². The van der Waals surface area contributed by atoms with Crippen LogP contribution in [0.15, 0.2) is 55.0 Å². The summed E-state index contributed by atoms with van der Waals surface area (Å²) in [6, 6.07) is 11.4. The quantitative estimate of drug-likeness (QED) is 0.424. The monoisotopic (exact) mass is 462 g/mol. The molecular formula is C24H26N6O4. The second-order valence-corrected chi connectivity index (χ2v) is 7.44. The molecule has 0 spiro atoms. The first kappa shape index (κ1) is 22.8. The normalized spacial score (nSPS) is 10.7. The first-order chi connectivity index (χ1) is 16.5. The summed E-state index contributed by atoms with van der Waals surface area (Å²) in [5, 5.41) is 6.67. The van der Waals surface area contributed by atoms with Gasteiger partial charge in [0.1, 0.15) is 18.1 Å². The molecule has 4 aromatic rings. The molecule has 10 heteroatoms. The van der Waals surface area contributed by atoms with E-state index in [1.807, 2.05) is 48.5 Å². The van der Waals surface area contributed by atoms with Crippen LogP contribution in [0.25, 0.3) is 22.3 Å². The van der Waals surface area contributed by atoms with Gasteiger partial charge in [-0.25, -0.2) is 9.78 Å². The number of nitrogens with one attached hydrogen (secondary N) is 1. The van der Waals surface area contributed by atoms with Gasteiger partial charge in [0.25, 0.3) is 0 Å². The van der Waals surface area contributed by atoms with Crippen LogP contribution in [0, 0.1) is 0 Å². The van der Waals surface area contributed by atoms with E-state index in [2.05, 4.69) is 15.4 Å². The number of nitrogens with zero attached hydrogens (tertiary/aromatic N) is 5. The van der Waals surface area contributed by atoms with Gasteiger partial charge in [-0.2, -0.15) is 5.10 Å². The molecule has 1 N–H and O–H groups in total. The maximum Gasteiger partial charge on any atom is 0.406 e. The molecule has 1 amide bonds. The molecule has 2 heterocycles. The van der Waals surface area contributed by atoms with Crippen LogP contribution >= 0.6 is 0 Å². The molecule has 2 aromatic carbocycles. The summed E-state index contributed by atoms with van der Waals surface area (Å²) in [6.45, 7) is 0.559. The van der Waals surface area contributed by atoms with Crippen LogP contribution < -0.4 is 19.7 Å². The van der Waals surface area contributed by atoms with Crippen LogP contribution in [-0.4, -0.2) is 60.3 Å². The third-order valence-electron chi connectivity index (χ3n) is 5.24. The highest BCUT2D eigenvalue weighted by atomic mass is 16.5. The fraction of sp³-hybridized carbons (Fsp3) is 0.250. The number of alkyl carbamates (subject to hydrolysis) is 1. The fourth-order valence-electron chi connectivity index (χ4n) is 3.52. The van der Waals surface area contributed by atoms with Crippen LogP contribution in [0.5, 0.6) is 11.5 Å². The molecule has 0 radical (unpaired) electrons. The average molecular weight is 463 g/mol. The van der Waals surface area contributed by atoms with E-state index >= 15 is 0 Å². The lowest BCUT2D eigenvalue weighted by atomic mass is 10.2. The average Bonchev–Trinajstić information content (AvgIpc) is 3.31. The number of anilines is 2. The SMILES string of the molecule is CNC(=O)OCCN(c1cc(OC)cc(OC)c1)c1ccc2ncc(-c3cnn(C)c3)nc2c1. The van der Waals surface area contributed by atoms with E-state index in [4.69, 9.17) is 19.2 Å². The van der Waals surface area contributed by atoms with E-state index in [1.165, 1.54) is 7.05 Å². The number of aromatic nitrogens is 4. The molecule has 0 saturated carbocycles. The summed E-state index contributed by atoms with van der Waals surface area (Å²) in [5.41, 5.74) is 4.77. The maximum absolute atomic E-state index is 11.6. The lowest BCUT2D eigenvalue weighted by Gasteiger charge is -2.26. The fourth-order valence-corrected chi connectivity index (χ4v) is 3.52. The van der Waals surface area contributed by atoms with Crippen LogP contribution in [-0.2, 0) is 11.8 Å². The Kier molecular flexibility index (Phi) is 6.77. The van der Waals surface area contributed by atoms with Gasteiger partial charge in [-0.15, -0.1) is 0 Å². The number of rotatable bonds is 8. The number of benzene rings is 2. The van der Waals surface area contributed by atoms with Crippen molar-refractivity contribution in [1.29, 1.82) is 0 Å². The van der Waals surface area contributed by atoms with Crippen molar-refractivity contribution in [3.63, 3.8) is 0 Å². The Balaban J connectivity index is 1.75. The Hall–Kier alpha value is -4.34. The highest BCUT2D eigenvalue weighted by molar-refractivity contribution is 5.82. The lowest BCUT2D eigenvalue weighted by Crippen LogP contribution is -2.27. The molecule has 0 saturated heterocycles. The minimum absolute atomic E-state index is 0.165. The molecule has 2 aromatic heterocycles. The van der Waals surface area contributed by atoms with Crippen LogP contribution in [0.1, 0.15) is 0 Å². The summed E-state index contributed by atoms with van der Waals surface area (Å²) >= 11 is 0. The van der Waals surface area contributed by atoms with Gasteiger partial charge in [0.05, 0.1) is 49.9 Å². The van der Waals surface area contributed by atoms with Gasteiger partial charge in [-0.05, 0) is 18.2 Å². The molecule has 10 nitrogen and oxygen atoms in total. The Morgan fingerprint density at radius 3 is 2.44 bits per heavy atom. The van der Waals surface area contributed by atoms with Gasteiger partial charge < -0.3 is 24.4 Å². The van der Waals surface area contributed by atoms with Gasteiger partial charge in [0.2, 0.25) is 0 Å². The molecule has 0 aliphatic rings. The molecular weight excluding hydrogens is 436 g/mol. The van der Waals surface area contributed by atoms with Crippen molar-refractivity contribution in [3.05, 3.63) is 55.0 Å². The second-order valence-electron chi connectivity index (χ2n) is 7.44. The number of amides is 1. The van der Waals surface area contributed by atoms with E-state index in [0.717, 1.165) is 33.7 Å². The third kappa shape index (κ3) is 5.01. The molecule has 4 rings (SSSR count). The first-order valence-corrected chi connectivity index (χ1v) is 10.6. The zero-order valence-corrected chi connectivity index (χ0v) is 19.5. The first-order valence-electron chi connectivity index (χ1n) is 10.6. The maximum atomic E-state index is 11.6. The molecule has 0 unspecified atom stereocenters. The summed E-state index contributed by atoms with van der Waals surface area (Å²) in [4.78, 5) is 23.0. The van der Waals surface area contributed by atoms with E-state index in [1.54, 1.807) is 37.4 Å². The number of ether oxygens (including phenoxy) is 3. The smallest absolute Gasteiger partial charge is 0.406 e. The zero-order chi connectivity index (χ0) is 24.1. The van der Waals surface area contributed by atoms with Crippen LogP contribution in [0.4, 0.5) is 16.2 Å². The number of hydrogen-bond donors (Lipinski definition) is 1. The van der Waals surface area contributed by atoms with E-state index in [0.29, 0.717) is 18.0 Å². The summed E-state index contributed by atoms with van der Waals surface area (Å²) in [5.74, 6) is 1.29. The second kappa shape index (κ2) is 10.1. The number of fused-ring (bicyclic) bond motifs is 1. The Morgan fingerprint density at radius 1 is 1.03 bits per heavy atom. The van der Waals surface area contributed by atoms with Crippen molar-refractivity contribution in [2.75, 3.05) is 39.3 Å². The van der Waals surface area contributed by atoms with Crippen molar-refractivity contribution < 1.29 is 19.0 Å². The lowest BCUT2D eigenvalue weighted by molar-refractivity contribution is 0.152. The molecule has 0 bridgehead atoms. The summed E-state index contributed by atoms with van der Waals surface area (Å²) in [6.07, 6.45) is 4.89. The van der Waals surface area contributed by atoms with Crippen molar-refractivity contribution in [2.24, 2.45) is 7.05 Å². The van der Waals surface area contributed by atoms with Gasteiger partial charge in [0, 0.05) is 55.4 Å². The summed E-state index contributed by atoms with van der Waals surface area (Å²) in [7, 11) is 6.58. The molecule has 176 valence electrons. The zero-order valence-electron chi connectivity index (χ0n) is 19.5.